The highest BCUT2D eigenvalue weighted by Crippen LogP contribution is 2.22. The summed E-state index contributed by atoms with van der Waals surface area (Å²) in [5.41, 5.74) is 1.62. The molecule has 1 unspecified atom stereocenters. The van der Waals surface area contributed by atoms with E-state index in [1.54, 1.807) is 6.08 Å². The summed E-state index contributed by atoms with van der Waals surface area (Å²) >= 11 is 3.41. The highest BCUT2D eigenvalue weighted by atomic mass is 79.9. The first-order valence-electron chi connectivity index (χ1n) is 8.56. The van der Waals surface area contributed by atoms with Crippen molar-refractivity contribution in [1.82, 2.24) is 5.32 Å². The molecule has 0 aromatic heterocycles. The van der Waals surface area contributed by atoms with Crippen molar-refractivity contribution in [3.05, 3.63) is 70.2 Å². The number of esters is 1. The maximum Gasteiger partial charge on any atom is 0.307 e. The molecule has 0 radical (unpaired) electrons. The fourth-order valence-corrected chi connectivity index (χ4v) is 2.93. The van der Waals surface area contributed by atoms with E-state index in [4.69, 9.17) is 9.47 Å². The van der Waals surface area contributed by atoms with Crippen LogP contribution < -0.4 is 10.1 Å². The molecule has 0 aliphatic carbocycles. The van der Waals surface area contributed by atoms with Gasteiger partial charge < -0.3 is 14.8 Å². The lowest BCUT2D eigenvalue weighted by molar-refractivity contribution is -0.141. The van der Waals surface area contributed by atoms with E-state index in [-0.39, 0.29) is 12.3 Å². The van der Waals surface area contributed by atoms with Crippen LogP contribution in [0.15, 0.2) is 59.1 Å². The number of methoxy groups -OCH3 is 1. The number of amides is 1. The first-order valence-corrected chi connectivity index (χ1v) is 9.35. The van der Waals surface area contributed by atoms with Crippen molar-refractivity contribution < 1.29 is 19.1 Å². The van der Waals surface area contributed by atoms with Gasteiger partial charge in [0.25, 0.3) is 0 Å². The Morgan fingerprint density at radius 3 is 2.67 bits per heavy atom. The number of nitrogens with one attached hydrogen (secondary N) is 1. The van der Waals surface area contributed by atoms with Gasteiger partial charge in [0.15, 0.2) is 0 Å². The van der Waals surface area contributed by atoms with Crippen LogP contribution in [0.25, 0.3) is 6.08 Å². The van der Waals surface area contributed by atoms with Gasteiger partial charge in [-0.15, -0.1) is 0 Å². The first kappa shape index (κ1) is 20.7. The summed E-state index contributed by atoms with van der Waals surface area (Å²) in [6, 6.07) is 14.4. The summed E-state index contributed by atoms with van der Waals surface area (Å²) in [6.07, 6.45) is 3.17. The molecule has 27 heavy (non-hydrogen) atoms. The van der Waals surface area contributed by atoms with Crippen LogP contribution in [-0.4, -0.2) is 25.6 Å². The number of rotatable bonds is 8. The molecule has 1 N–H and O–H groups in total. The molecular weight excluding hydrogens is 410 g/mol. The molecule has 2 aromatic rings. The minimum Gasteiger partial charge on any atom is -0.493 e. The van der Waals surface area contributed by atoms with Gasteiger partial charge in [-0.05, 0) is 36.8 Å². The van der Waals surface area contributed by atoms with Gasteiger partial charge >= 0.3 is 5.97 Å². The SMILES string of the molecule is CCOc1ccccc1/C=C/C(=O)NC(CC(=O)OC)c1cccc(Br)c1. The maximum atomic E-state index is 12.4. The monoisotopic (exact) mass is 431 g/mol. The van der Waals surface area contributed by atoms with E-state index in [1.807, 2.05) is 55.5 Å². The van der Waals surface area contributed by atoms with Gasteiger partial charge in [-0.1, -0.05) is 46.3 Å². The van der Waals surface area contributed by atoms with Crippen molar-refractivity contribution in [3.8, 4) is 5.75 Å². The Balaban J connectivity index is 2.14. The average molecular weight is 432 g/mol. The van der Waals surface area contributed by atoms with Crippen LogP contribution in [-0.2, 0) is 14.3 Å². The summed E-state index contributed by atoms with van der Waals surface area (Å²) in [4.78, 5) is 24.2. The van der Waals surface area contributed by atoms with Crippen LogP contribution in [0.4, 0.5) is 0 Å². The normalized spacial score (nSPS) is 11.8. The van der Waals surface area contributed by atoms with Crippen molar-refractivity contribution in [2.24, 2.45) is 0 Å². The van der Waals surface area contributed by atoms with Gasteiger partial charge in [0, 0.05) is 16.1 Å². The van der Waals surface area contributed by atoms with Gasteiger partial charge in [-0.2, -0.15) is 0 Å². The number of hydrogen-bond donors (Lipinski definition) is 1. The second-order valence-electron chi connectivity index (χ2n) is 5.70. The van der Waals surface area contributed by atoms with Gasteiger partial charge in [0.2, 0.25) is 5.91 Å². The molecule has 0 aliphatic heterocycles. The molecule has 1 amide bonds. The summed E-state index contributed by atoms with van der Waals surface area (Å²) in [5.74, 6) is 0.00303. The van der Waals surface area contributed by atoms with E-state index in [0.29, 0.717) is 12.4 Å². The molecule has 0 aliphatic rings. The summed E-state index contributed by atoms with van der Waals surface area (Å²) in [6.45, 7) is 2.45. The molecule has 142 valence electrons. The highest BCUT2D eigenvalue weighted by molar-refractivity contribution is 9.10. The standard InChI is InChI=1S/C21H22BrNO4/c1-3-27-19-10-5-4-7-15(19)11-12-20(24)23-18(14-21(25)26-2)16-8-6-9-17(22)13-16/h4-13,18H,3,14H2,1-2H3,(H,23,24)/b12-11+. The summed E-state index contributed by atoms with van der Waals surface area (Å²) in [5, 5.41) is 2.86. The third-order valence-corrected chi connectivity index (χ3v) is 4.29. The average Bonchev–Trinajstić information content (AvgIpc) is 2.67. The fourth-order valence-electron chi connectivity index (χ4n) is 2.52. The number of benzene rings is 2. The van der Waals surface area contributed by atoms with Gasteiger partial charge in [-0.3, -0.25) is 9.59 Å². The number of para-hydroxylation sites is 1. The van der Waals surface area contributed by atoms with Crippen molar-refractivity contribution >= 4 is 33.9 Å². The Kier molecular flexibility index (Phi) is 8.07. The molecule has 0 bridgehead atoms. The number of ether oxygens (including phenoxy) is 2. The number of carbonyl (C=O) groups excluding carboxylic acids is 2. The quantitative estimate of drug-likeness (QED) is 0.500. The van der Waals surface area contributed by atoms with Crippen LogP contribution in [0.1, 0.15) is 30.5 Å². The van der Waals surface area contributed by atoms with E-state index in [0.717, 1.165) is 15.6 Å². The third kappa shape index (κ3) is 6.57. The van der Waals surface area contributed by atoms with Gasteiger partial charge in [0.05, 0.1) is 26.2 Å². The Labute approximate surface area is 167 Å². The van der Waals surface area contributed by atoms with Crippen molar-refractivity contribution in [3.63, 3.8) is 0 Å². The lowest BCUT2D eigenvalue weighted by atomic mass is 10.0. The smallest absolute Gasteiger partial charge is 0.307 e. The highest BCUT2D eigenvalue weighted by Gasteiger charge is 2.18. The van der Waals surface area contributed by atoms with Crippen LogP contribution in [0.3, 0.4) is 0 Å². The molecule has 0 fully saturated rings. The largest absolute Gasteiger partial charge is 0.493 e. The molecule has 1 atom stereocenters. The second-order valence-corrected chi connectivity index (χ2v) is 6.62. The van der Waals surface area contributed by atoms with E-state index in [2.05, 4.69) is 21.2 Å². The number of carbonyl (C=O) groups is 2. The topological polar surface area (TPSA) is 64.6 Å². The fraction of sp³-hybridized carbons (Fsp3) is 0.238. The Morgan fingerprint density at radius 2 is 1.96 bits per heavy atom. The van der Waals surface area contributed by atoms with Crippen molar-refractivity contribution in [2.45, 2.75) is 19.4 Å². The van der Waals surface area contributed by atoms with Crippen LogP contribution in [0.2, 0.25) is 0 Å². The zero-order valence-electron chi connectivity index (χ0n) is 15.3. The molecule has 0 saturated carbocycles. The van der Waals surface area contributed by atoms with Crippen molar-refractivity contribution in [2.75, 3.05) is 13.7 Å². The van der Waals surface area contributed by atoms with Crippen molar-refractivity contribution in [1.29, 1.82) is 0 Å². The molecule has 2 aromatic carbocycles. The van der Waals surface area contributed by atoms with E-state index in [9.17, 15) is 9.59 Å². The second kappa shape index (κ2) is 10.5. The molecule has 5 nitrogen and oxygen atoms in total. The van der Waals surface area contributed by atoms with Gasteiger partial charge in [0.1, 0.15) is 5.75 Å². The molecule has 2 rings (SSSR count). The molecule has 0 heterocycles. The first-order chi connectivity index (χ1) is 13.0. The molecule has 6 heteroatoms. The van der Waals surface area contributed by atoms with E-state index < -0.39 is 12.0 Å². The predicted molar refractivity (Wildman–Crippen MR) is 108 cm³/mol. The zero-order chi connectivity index (χ0) is 19.6. The summed E-state index contributed by atoms with van der Waals surface area (Å²) < 4.78 is 11.2. The van der Waals surface area contributed by atoms with Crippen LogP contribution in [0.5, 0.6) is 5.75 Å². The zero-order valence-corrected chi connectivity index (χ0v) is 16.9. The van der Waals surface area contributed by atoms with E-state index in [1.165, 1.54) is 13.2 Å². The molecule has 0 spiro atoms. The van der Waals surface area contributed by atoms with Gasteiger partial charge in [-0.25, -0.2) is 0 Å². The van der Waals surface area contributed by atoms with Crippen LogP contribution in [0, 0.1) is 0 Å². The summed E-state index contributed by atoms with van der Waals surface area (Å²) in [7, 11) is 1.33. The molecule has 0 saturated heterocycles. The lowest BCUT2D eigenvalue weighted by Crippen LogP contribution is -2.29. The third-order valence-electron chi connectivity index (χ3n) is 3.80. The van der Waals surface area contributed by atoms with Crippen LogP contribution >= 0.6 is 15.9 Å². The predicted octanol–water partition coefficient (Wildman–Crippen LogP) is 4.28. The minimum atomic E-state index is -0.491. The van der Waals surface area contributed by atoms with E-state index >= 15 is 0 Å². The Morgan fingerprint density at radius 1 is 1.19 bits per heavy atom. The minimum absolute atomic E-state index is 0.0437. The Hall–Kier alpha value is -2.60. The number of hydrogen-bond acceptors (Lipinski definition) is 4. The lowest BCUT2D eigenvalue weighted by Gasteiger charge is -2.17. The Bertz CT molecular complexity index is 819. The maximum absolute atomic E-state index is 12.4. The molecular formula is C21H22BrNO4. The number of halogens is 1.